The smallest absolute Gasteiger partial charge is 0.151 e. The van der Waals surface area contributed by atoms with Crippen molar-refractivity contribution in [2.75, 3.05) is 39.2 Å². The number of nitrogens with zero attached hydrogens (tertiary/aromatic N) is 5. The molecular weight excluding hydrogens is 428 g/mol. The summed E-state index contributed by atoms with van der Waals surface area (Å²) in [6, 6.07) is 4.76. The Kier molecular flexibility index (Phi) is 6.91. The first kappa shape index (κ1) is 23.7. The van der Waals surface area contributed by atoms with Crippen LogP contribution in [0.3, 0.4) is 0 Å². The van der Waals surface area contributed by atoms with Crippen LogP contribution in [0.15, 0.2) is 18.3 Å². The van der Waals surface area contributed by atoms with Gasteiger partial charge in [0.1, 0.15) is 0 Å². The number of likely N-dealkylation sites (tertiary alicyclic amines) is 1. The average molecular weight is 469 g/mol. The third-order valence-electron chi connectivity index (χ3n) is 8.31. The second-order valence-corrected chi connectivity index (χ2v) is 11.0. The molecule has 2 aromatic rings. The fraction of sp³-hybridized carbons (Fsp3) is 0.731. The van der Waals surface area contributed by atoms with Crippen LogP contribution in [0.1, 0.15) is 69.2 Å². The van der Waals surface area contributed by atoms with Gasteiger partial charge in [0.15, 0.2) is 5.82 Å². The molecule has 0 aromatic carbocycles. The number of aryl methyl sites for hydroxylation is 1. The number of ether oxygens (including phenoxy) is 2. The fourth-order valence-electron chi connectivity index (χ4n) is 6.03. The summed E-state index contributed by atoms with van der Waals surface area (Å²) in [5, 5.41) is 17.1. The van der Waals surface area contributed by atoms with Crippen molar-refractivity contribution in [1.82, 2.24) is 24.9 Å². The largest absolute Gasteiger partial charge is 0.377 e. The first-order valence-electron chi connectivity index (χ1n) is 12.9. The lowest BCUT2D eigenvalue weighted by molar-refractivity contribution is -0.00461. The van der Waals surface area contributed by atoms with E-state index in [0.717, 1.165) is 49.7 Å². The highest BCUT2D eigenvalue weighted by molar-refractivity contribution is 5.44. The lowest BCUT2D eigenvalue weighted by atomic mass is 9.73. The van der Waals surface area contributed by atoms with Gasteiger partial charge in [0, 0.05) is 57.6 Å². The molecular formula is C26H40N6O2. The molecule has 2 saturated carbocycles. The molecule has 3 aliphatic rings. The molecule has 0 radical (unpaired) electrons. The number of rotatable bonds is 8. The molecule has 0 amide bonds. The summed E-state index contributed by atoms with van der Waals surface area (Å²) >= 11 is 0. The zero-order valence-corrected chi connectivity index (χ0v) is 21.2. The summed E-state index contributed by atoms with van der Waals surface area (Å²) in [4.78, 5) is 2.52. The highest BCUT2D eigenvalue weighted by Crippen LogP contribution is 2.39. The predicted octanol–water partition coefficient (Wildman–Crippen LogP) is 3.94. The molecule has 1 N–H and O–H groups in total. The van der Waals surface area contributed by atoms with Gasteiger partial charge in [0.05, 0.1) is 29.8 Å². The normalized spacial score (nSPS) is 30.4. The number of hydrogen-bond acceptors (Lipinski definition) is 7. The van der Waals surface area contributed by atoms with E-state index in [9.17, 15) is 0 Å². The predicted molar refractivity (Wildman–Crippen MR) is 133 cm³/mol. The Balaban J connectivity index is 1.18. The second kappa shape index (κ2) is 9.91. The third kappa shape index (κ3) is 4.99. The minimum Gasteiger partial charge on any atom is -0.377 e. The molecule has 3 heterocycles. The average Bonchev–Trinajstić information content (AvgIpc) is 3.37. The monoisotopic (exact) mass is 468 g/mol. The number of aromatic nitrogens is 4. The van der Waals surface area contributed by atoms with Crippen LogP contribution in [0.5, 0.6) is 0 Å². The van der Waals surface area contributed by atoms with Crippen LogP contribution in [0.2, 0.25) is 0 Å². The van der Waals surface area contributed by atoms with Gasteiger partial charge >= 0.3 is 0 Å². The molecule has 8 heteroatoms. The van der Waals surface area contributed by atoms with Gasteiger partial charge in [-0.05, 0) is 56.9 Å². The van der Waals surface area contributed by atoms with Crippen LogP contribution in [-0.2, 0) is 9.47 Å². The first-order valence-corrected chi connectivity index (χ1v) is 12.9. The van der Waals surface area contributed by atoms with Crippen LogP contribution >= 0.6 is 0 Å². The van der Waals surface area contributed by atoms with Gasteiger partial charge in [0.25, 0.3) is 0 Å². The molecule has 186 valence electrons. The molecule has 0 bridgehead atoms. The van der Waals surface area contributed by atoms with Crippen molar-refractivity contribution in [1.29, 1.82) is 0 Å². The van der Waals surface area contributed by atoms with Crippen molar-refractivity contribution in [3.63, 3.8) is 0 Å². The molecule has 2 aromatic heterocycles. The van der Waals surface area contributed by atoms with E-state index in [-0.39, 0.29) is 12.2 Å². The molecule has 2 atom stereocenters. The molecule has 0 unspecified atom stereocenters. The summed E-state index contributed by atoms with van der Waals surface area (Å²) in [5.74, 6) is 1.47. The van der Waals surface area contributed by atoms with Gasteiger partial charge in [-0.15, -0.1) is 5.10 Å². The molecule has 1 aliphatic heterocycles. The molecule has 3 fully saturated rings. The van der Waals surface area contributed by atoms with Crippen molar-refractivity contribution in [3.05, 3.63) is 29.7 Å². The maximum atomic E-state index is 5.63. The van der Waals surface area contributed by atoms with Crippen molar-refractivity contribution >= 4 is 5.82 Å². The Morgan fingerprint density at radius 3 is 2.38 bits per heavy atom. The second-order valence-electron chi connectivity index (χ2n) is 11.0. The number of methoxy groups -OCH3 is 2. The number of nitrogens with one attached hydrogen (secondary N) is 1. The van der Waals surface area contributed by atoms with Crippen molar-refractivity contribution in [2.45, 2.75) is 83.0 Å². The zero-order chi connectivity index (χ0) is 23.7. The van der Waals surface area contributed by atoms with Crippen LogP contribution in [0.25, 0.3) is 5.69 Å². The maximum absolute atomic E-state index is 5.63. The van der Waals surface area contributed by atoms with E-state index in [4.69, 9.17) is 14.6 Å². The summed E-state index contributed by atoms with van der Waals surface area (Å²) in [7, 11) is 3.58. The van der Waals surface area contributed by atoms with E-state index >= 15 is 0 Å². The van der Waals surface area contributed by atoms with Gasteiger partial charge in [-0.1, -0.05) is 13.3 Å². The first-order chi connectivity index (χ1) is 16.5. The molecule has 8 nitrogen and oxygen atoms in total. The van der Waals surface area contributed by atoms with Crippen molar-refractivity contribution in [2.24, 2.45) is 5.41 Å². The summed E-state index contributed by atoms with van der Waals surface area (Å²) < 4.78 is 13.3. The third-order valence-corrected chi connectivity index (χ3v) is 8.31. The van der Waals surface area contributed by atoms with Gasteiger partial charge in [-0.2, -0.15) is 10.2 Å². The summed E-state index contributed by atoms with van der Waals surface area (Å²) in [6.45, 7) is 7.54. The molecule has 0 spiro atoms. The Morgan fingerprint density at radius 1 is 1.06 bits per heavy atom. The van der Waals surface area contributed by atoms with Crippen molar-refractivity contribution < 1.29 is 9.47 Å². The Bertz CT molecular complexity index is 954. The standard InChI is InChI=1S/C26H40N6O2/c1-18-12-22(19-6-5-7-19)32(30-18)21-13-25(29-27-14-21)28-20-8-10-26(2,11-9-20)17-31-15-23(33-3)24(16-31)34-4/h12-14,19-20,23-24H,5-11,15-17H2,1-4H3,(H,28,29)/t20?,23-,24-,26?/m0/s1. The molecule has 34 heavy (non-hydrogen) atoms. The highest BCUT2D eigenvalue weighted by Gasteiger charge is 2.38. The van der Waals surface area contributed by atoms with Crippen LogP contribution in [0.4, 0.5) is 5.82 Å². The van der Waals surface area contributed by atoms with Crippen LogP contribution in [0, 0.1) is 12.3 Å². The maximum Gasteiger partial charge on any atom is 0.151 e. The Morgan fingerprint density at radius 2 is 1.76 bits per heavy atom. The molecule has 1 saturated heterocycles. The molecule has 5 rings (SSSR count). The Labute approximate surface area is 203 Å². The number of hydrogen-bond donors (Lipinski definition) is 1. The minimum absolute atomic E-state index is 0.181. The highest BCUT2D eigenvalue weighted by atomic mass is 16.5. The van der Waals surface area contributed by atoms with E-state index in [2.05, 4.69) is 51.1 Å². The van der Waals surface area contributed by atoms with Crippen LogP contribution in [-0.4, -0.2) is 77.0 Å². The SMILES string of the molecule is CO[C@H]1CN(CC2(C)CCC(Nc3cc(-n4nc(C)cc4C4CCC4)cnn3)CC2)C[C@@H]1OC. The summed E-state index contributed by atoms with van der Waals surface area (Å²) in [5.41, 5.74) is 3.70. The fourth-order valence-corrected chi connectivity index (χ4v) is 6.03. The van der Waals surface area contributed by atoms with Gasteiger partial charge < -0.3 is 14.8 Å². The van der Waals surface area contributed by atoms with E-state index in [1.54, 1.807) is 14.2 Å². The van der Waals surface area contributed by atoms with Crippen molar-refractivity contribution in [3.8, 4) is 5.69 Å². The summed E-state index contributed by atoms with van der Waals surface area (Å²) in [6.07, 6.45) is 10.7. The van der Waals surface area contributed by atoms with Crippen LogP contribution < -0.4 is 5.32 Å². The zero-order valence-electron chi connectivity index (χ0n) is 21.2. The quantitative estimate of drug-likeness (QED) is 0.629. The minimum atomic E-state index is 0.181. The van der Waals surface area contributed by atoms with E-state index in [0.29, 0.717) is 17.4 Å². The van der Waals surface area contributed by atoms with Gasteiger partial charge in [-0.3, -0.25) is 4.90 Å². The van der Waals surface area contributed by atoms with Gasteiger partial charge in [0.2, 0.25) is 0 Å². The number of anilines is 1. The molecule has 2 aliphatic carbocycles. The van der Waals surface area contributed by atoms with E-state index < -0.39 is 0 Å². The van der Waals surface area contributed by atoms with E-state index in [1.807, 2.05) is 6.20 Å². The Hall–Kier alpha value is -2.03. The lowest BCUT2D eigenvalue weighted by Crippen LogP contribution is -2.40. The van der Waals surface area contributed by atoms with Gasteiger partial charge in [-0.25, -0.2) is 4.68 Å². The lowest BCUT2D eigenvalue weighted by Gasteiger charge is -2.40. The van der Waals surface area contributed by atoms with E-state index in [1.165, 1.54) is 37.8 Å². The topological polar surface area (TPSA) is 77.3 Å².